The first-order valence-corrected chi connectivity index (χ1v) is 14.6. The number of ether oxygens (including phenoxy) is 2. The Morgan fingerprint density at radius 2 is 2.05 bits per heavy atom. The number of fused-ring (bicyclic) bond motifs is 1. The van der Waals surface area contributed by atoms with E-state index in [4.69, 9.17) is 9.47 Å². The van der Waals surface area contributed by atoms with Gasteiger partial charge in [-0.2, -0.15) is 0 Å². The molecule has 0 saturated heterocycles. The molecule has 0 fully saturated rings. The smallest absolute Gasteiger partial charge is 0.264 e. The molecule has 40 heavy (non-hydrogen) atoms. The number of hydrogen-bond donors (Lipinski definition) is 1. The van der Waals surface area contributed by atoms with Gasteiger partial charge in [0, 0.05) is 55.7 Å². The zero-order valence-corrected chi connectivity index (χ0v) is 23.8. The summed E-state index contributed by atoms with van der Waals surface area (Å²) >= 11 is 0. The molecule has 2 unspecified atom stereocenters. The molecule has 0 aliphatic carbocycles. The highest BCUT2D eigenvalue weighted by Crippen LogP contribution is 2.35. The lowest BCUT2D eigenvalue weighted by atomic mass is 9.98. The molecular weight excluding hydrogens is 532 g/mol. The number of carbonyl (C=O) groups excluding carboxylic acids is 1. The van der Waals surface area contributed by atoms with Crippen LogP contribution in [0.25, 0.3) is 0 Å². The number of rotatable bonds is 9. The van der Waals surface area contributed by atoms with Crippen LogP contribution in [0.1, 0.15) is 43.1 Å². The number of methoxy groups -OCH3 is 1. The van der Waals surface area contributed by atoms with Crippen LogP contribution in [0.2, 0.25) is 0 Å². The van der Waals surface area contributed by atoms with E-state index < -0.39 is 22.0 Å². The highest BCUT2D eigenvalue weighted by atomic mass is 32.2. The monoisotopic (exact) mass is 566 g/mol. The standard InChI is InChI=1S/C28H34N6O5S/c1-19(2)32(3)17-20-8-9-24-25(10-13-39-27(24)14-20)33-18-21(30-31-33)15-26-28(35)29-11-12-34(26)40(36,37)23-7-5-6-22(16-23)38-4/h5-9,11-12,14,16,18-19,25-26H,10,13,15,17H2,1-4H3,(H,29,35). The van der Waals surface area contributed by atoms with Gasteiger partial charge in [-0.05, 0) is 44.7 Å². The Labute approximate surface area is 234 Å². The first-order chi connectivity index (χ1) is 19.2. The number of nitrogens with zero attached hydrogens (tertiary/aromatic N) is 5. The Kier molecular flexibility index (Phi) is 7.81. The fourth-order valence-electron chi connectivity index (χ4n) is 4.84. The molecule has 2 atom stereocenters. The third-order valence-electron chi connectivity index (χ3n) is 7.35. The van der Waals surface area contributed by atoms with Crippen LogP contribution in [0.4, 0.5) is 0 Å². The molecule has 0 saturated carbocycles. The Morgan fingerprint density at radius 3 is 2.83 bits per heavy atom. The lowest BCUT2D eigenvalue weighted by molar-refractivity contribution is -0.124. The number of nitrogens with one attached hydrogen (secondary N) is 1. The Bertz CT molecular complexity index is 1520. The molecule has 3 heterocycles. The molecule has 0 radical (unpaired) electrons. The van der Waals surface area contributed by atoms with Gasteiger partial charge in [-0.15, -0.1) is 5.10 Å². The van der Waals surface area contributed by atoms with Crippen molar-refractivity contribution in [3.05, 3.63) is 77.9 Å². The van der Waals surface area contributed by atoms with Gasteiger partial charge in [-0.25, -0.2) is 13.1 Å². The molecule has 212 valence electrons. The van der Waals surface area contributed by atoms with E-state index in [2.05, 4.69) is 59.6 Å². The molecule has 0 bridgehead atoms. The molecule has 1 N–H and O–H groups in total. The van der Waals surface area contributed by atoms with E-state index in [0.717, 1.165) is 22.2 Å². The Balaban J connectivity index is 1.37. The summed E-state index contributed by atoms with van der Waals surface area (Å²) in [5.74, 6) is 0.788. The number of hydrogen-bond acceptors (Lipinski definition) is 8. The summed E-state index contributed by atoms with van der Waals surface area (Å²) in [5, 5.41) is 11.3. The van der Waals surface area contributed by atoms with Gasteiger partial charge in [-0.1, -0.05) is 23.4 Å². The highest BCUT2D eigenvalue weighted by molar-refractivity contribution is 7.89. The van der Waals surface area contributed by atoms with E-state index >= 15 is 0 Å². The molecule has 1 amide bonds. The average molecular weight is 567 g/mol. The first-order valence-electron chi connectivity index (χ1n) is 13.2. The van der Waals surface area contributed by atoms with Gasteiger partial charge in [0.2, 0.25) is 5.91 Å². The van der Waals surface area contributed by atoms with Crippen molar-refractivity contribution in [1.82, 2.24) is 29.5 Å². The third-order valence-corrected chi connectivity index (χ3v) is 9.13. The van der Waals surface area contributed by atoms with E-state index in [1.807, 2.05) is 0 Å². The number of carbonyl (C=O) groups is 1. The summed E-state index contributed by atoms with van der Waals surface area (Å²) in [6.45, 7) is 5.68. The maximum absolute atomic E-state index is 13.5. The highest BCUT2D eigenvalue weighted by Gasteiger charge is 2.36. The Morgan fingerprint density at radius 1 is 1.23 bits per heavy atom. The molecule has 11 nitrogen and oxygen atoms in total. The van der Waals surface area contributed by atoms with E-state index in [1.165, 1.54) is 37.2 Å². The van der Waals surface area contributed by atoms with Crippen molar-refractivity contribution in [3.8, 4) is 11.5 Å². The van der Waals surface area contributed by atoms with Gasteiger partial charge in [0.1, 0.15) is 17.5 Å². The summed E-state index contributed by atoms with van der Waals surface area (Å²) < 4.78 is 41.0. The van der Waals surface area contributed by atoms with Gasteiger partial charge in [0.25, 0.3) is 10.0 Å². The summed E-state index contributed by atoms with van der Waals surface area (Å²) in [6, 6.07) is 11.7. The van der Waals surface area contributed by atoms with Crippen molar-refractivity contribution in [1.29, 1.82) is 0 Å². The van der Waals surface area contributed by atoms with Crippen LogP contribution in [0.15, 0.2) is 66.0 Å². The second-order valence-electron chi connectivity index (χ2n) is 10.3. The predicted octanol–water partition coefficient (Wildman–Crippen LogP) is 2.70. The first kappa shape index (κ1) is 27.7. The molecule has 1 aromatic heterocycles. The fourth-order valence-corrected chi connectivity index (χ4v) is 6.32. The van der Waals surface area contributed by atoms with Crippen LogP contribution < -0.4 is 14.8 Å². The van der Waals surface area contributed by atoms with Gasteiger partial charge in [0.05, 0.1) is 30.3 Å². The zero-order valence-electron chi connectivity index (χ0n) is 23.0. The molecule has 5 rings (SSSR count). The zero-order chi connectivity index (χ0) is 28.4. The molecule has 2 aliphatic heterocycles. The number of amides is 1. The molecule has 3 aromatic rings. The second kappa shape index (κ2) is 11.3. The van der Waals surface area contributed by atoms with Crippen molar-refractivity contribution < 1.29 is 22.7 Å². The summed E-state index contributed by atoms with van der Waals surface area (Å²) in [6.07, 6.45) is 5.22. The number of benzene rings is 2. The molecule has 2 aliphatic rings. The van der Waals surface area contributed by atoms with Crippen molar-refractivity contribution in [2.45, 2.75) is 56.3 Å². The Hall–Kier alpha value is -3.90. The molecule has 2 aromatic carbocycles. The van der Waals surface area contributed by atoms with Gasteiger partial charge < -0.3 is 14.8 Å². The van der Waals surface area contributed by atoms with Crippen molar-refractivity contribution in [2.75, 3.05) is 20.8 Å². The molecular formula is C28H34N6O5S. The van der Waals surface area contributed by atoms with Crippen LogP contribution >= 0.6 is 0 Å². The van der Waals surface area contributed by atoms with Crippen LogP contribution in [-0.4, -0.2) is 71.4 Å². The minimum atomic E-state index is -4.04. The van der Waals surface area contributed by atoms with Crippen LogP contribution in [-0.2, 0) is 27.8 Å². The lowest BCUT2D eigenvalue weighted by Gasteiger charge is -2.31. The normalized spacial score (nSPS) is 18.9. The van der Waals surface area contributed by atoms with E-state index in [-0.39, 0.29) is 17.4 Å². The van der Waals surface area contributed by atoms with Gasteiger partial charge in [0.15, 0.2) is 0 Å². The van der Waals surface area contributed by atoms with Crippen LogP contribution in [0.5, 0.6) is 11.5 Å². The van der Waals surface area contributed by atoms with Crippen LogP contribution in [0, 0.1) is 0 Å². The van der Waals surface area contributed by atoms with Crippen molar-refractivity contribution in [3.63, 3.8) is 0 Å². The van der Waals surface area contributed by atoms with Gasteiger partial charge in [-0.3, -0.25) is 14.0 Å². The summed E-state index contributed by atoms with van der Waals surface area (Å²) in [4.78, 5) is 15.2. The largest absolute Gasteiger partial charge is 0.497 e. The average Bonchev–Trinajstić information content (AvgIpc) is 3.42. The topological polar surface area (TPSA) is 119 Å². The lowest BCUT2D eigenvalue weighted by Crippen LogP contribution is -2.50. The minimum Gasteiger partial charge on any atom is -0.497 e. The number of aromatic nitrogens is 3. The van der Waals surface area contributed by atoms with E-state index in [0.29, 0.717) is 30.5 Å². The predicted molar refractivity (Wildman–Crippen MR) is 148 cm³/mol. The van der Waals surface area contributed by atoms with E-state index in [1.54, 1.807) is 23.0 Å². The summed E-state index contributed by atoms with van der Waals surface area (Å²) in [7, 11) is -0.479. The van der Waals surface area contributed by atoms with Crippen molar-refractivity contribution in [2.24, 2.45) is 0 Å². The maximum Gasteiger partial charge on any atom is 0.264 e. The maximum atomic E-state index is 13.5. The summed E-state index contributed by atoms with van der Waals surface area (Å²) in [5.41, 5.74) is 2.69. The van der Waals surface area contributed by atoms with E-state index in [9.17, 15) is 13.2 Å². The second-order valence-corrected chi connectivity index (χ2v) is 12.1. The minimum absolute atomic E-state index is 0.0256. The molecule has 0 spiro atoms. The fraction of sp³-hybridized carbons (Fsp3) is 0.393. The van der Waals surface area contributed by atoms with Crippen molar-refractivity contribution >= 4 is 15.9 Å². The number of sulfonamides is 1. The van der Waals surface area contributed by atoms with Gasteiger partial charge >= 0.3 is 0 Å². The van der Waals surface area contributed by atoms with Crippen LogP contribution in [0.3, 0.4) is 0 Å². The SMILES string of the molecule is COc1cccc(S(=O)(=O)N2C=CNC(=O)C2Cc2cn(C3CCOc4cc(CN(C)C(C)C)ccc43)nn2)c1. The molecule has 12 heteroatoms. The third kappa shape index (κ3) is 5.54. The quantitative estimate of drug-likeness (QED) is 0.420.